The molecule has 2 heterocycles. The first-order chi connectivity index (χ1) is 14.7. The quantitative estimate of drug-likeness (QED) is 0.438. The topological polar surface area (TPSA) is 63.9 Å². The molecule has 0 amide bonds. The predicted molar refractivity (Wildman–Crippen MR) is 116 cm³/mol. The van der Waals surface area contributed by atoms with Crippen LogP contribution < -0.4 is 4.74 Å². The van der Waals surface area contributed by atoms with Gasteiger partial charge in [-0.1, -0.05) is 37.5 Å². The number of benzene rings is 2. The lowest BCUT2D eigenvalue weighted by Crippen LogP contribution is -2.07. The van der Waals surface area contributed by atoms with Gasteiger partial charge in [-0.15, -0.1) is 0 Å². The zero-order valence-electron chi connectivity index (χ0n) is 17.3. The average Bonchev–Trinajstić information content (AvgIpc) is 3.55. The summed E-state index contributed by atoms with van der Waals surface area (Å²) in [7, 11) is 1.41. The number of methoxy groups -OCH3 is 1. The molecule has 3 aromatic rings. The van der Waals surface area contributed by atoms with Crippen LogP contribution in [0.2, 0.25) is 0 Å². The standard InChI is InChI=1S/C25H27NO4/c1-28-25(27)17-11-12-19-21(13-17)26-24(23(19)16-7-3-2-4-8-16)20-9-5-6-10-22(20)30-15-18-14-29-18/h5-6,9-13,16,18,26H,2-4,7-8,14-15H2,1H3/t18-/m0/s1. The van der Waals surface area contributed by atoms with E-state index in [0.29, 0.717) is 18.1 Å². The summed E-state index contributed by atoms with van der Waals surface area (Å²) in [6.45, 7) is 1.35. The summed E-state index contributed by atoms with van der Waals surface area (Å²) in [4.78, 5) is 15.7. The lowest BCUT2D eigenvalue weighted by atomic mass is 9.81. The number of H-pyrrole nitrogens is 1. The van der Waals surface area contributed by atoms with Gasteiger partial charge in [-0.3, -0.25) is 0 Å². The number of fused-ring (bicyclic) bond motifs is 1. The van der Waals surface area contributed by atoms with E-state index in [9.17, 15) is 4.79 Å². The zero-order chi connectivity index (χ0) is 20.5. The fourth-order valence-electron chi connectivity index (χ4n) is 4.64. The third kappa shape index (κ3) is 3.70. The van der Waals surface area contributed by atoms with Gasteiger partial charge in [0.05, 0.1) is 25.0 Å². The molecule has 0 bridgehead atoms. The van der Waals surface area contributed by atoms with Gasteiger partial charge in [0.15, 0.2) is 0 Å². The number of rotatable bonds is 6. The summed E-state index contributed by atoms with van der Waals surface area (Å²) in [5.74, 6) is 1.05. The van der Waals surface area contributed by atoms with Gasteiger partial charge >= 0.3 is 5.97 Å². The Morgan fingerprint density at radius 3 is 2.70 bits per heavy atom. The van der Waals surface area contributed by atoms with Crippen LogP contribution >= 0.6 is 0 Å². The van der Waals surface area contributed by atoms with Crippen molar-refractivity contribution in [1.82, 2.24) is 4.98 Å². The Kier molecular flexibility index (Phi) is 5.21. The van der Waals surface area contributed by atoms with Crippen molar-refractivity contribution in [3.05, 3.63) is 53.6 Å². The van der Waals surface area contributed by atoms with E-state index in [4.69, 9.17) is 14.2 Å². The molecule has 1 N–H and O–H groups in total. The van der Waals surface area contributed by atoms with Gasteiger partial charge in [0.1, 0.15) is 18.5 Å². The third-order valence-electron chi connectivity index (χ3n) is 6.26. The first-order valence-electron chi connectivity index (χ1n) is 10.8. The molecule has 5 heteroatoms. The summed E-state index contributed by atoms with van der Waals surface area (Å²) in [5, 5.41) is 1.19. The Labute approximate surface area is 176 Å². The number of aromatic amines is 1. The van der Waals surface area contributed by atoms with Crippen LogP contribution in [-0.4, -0.2) is 37.4 Å². The van der Waals surface area contributed by atoms with E-state index >= 15 is 0 Å². The second-order valence-corrected chi connectivity index (χ2v) is 8.26. The number of aromatic nitrogens is 1. The summed E-state index contributed by atoms with van der Waals surface area (Å²) >= 11 is 0. The summed E-state index contributed by atoms with van der Waals surface area (Å²) < 4.78 is 16.3. The number of carbonyl (C=O) groups is 1. The van der Waals surface area contributed by atoms with Gasteiger partial charge < -0.3 is 19.2 Å². The Morgan fingerprint density at radius 2 is 1.93 bits per heavy atom. The Balaban J connectivity index is 1.63. The van der Waals surface area contributed by atoms with E-state index in [1.54, 1.807) is 0 Å². The third-order valence-corrected chi connectivity index (χ3v) is 6.26. The molecule has 30 heavy (non-hydrogen) atoms. The lowest BCUT2D eigenvalue weighted by Gasteiger charge is -2.23. The molecule has 1 saturated carbocycles. The maximum absolute atomic E-state index is 12.1. The molecular formula is C25H27NO4. The maximum atomic E-state index is 12.1. The van der Waals surface area contributed by atoms with Crippen molar-refractivity contribution in [3.63, 3.8) is 0 Å². The van der Waals surface area contributed by atoms with E-state index in [1.165, 1.54) is 50.2 Å². The monoisotopic (exact) mass is 405 g/mol. The number of nitrogens with one attached hydrogen (secondary N) is 1. The smallest absolute Gasteiger partial charge is 0.337 e. The Morgan fingerprint density at radius 1 is 1.13 bits per heavy atom. The second-order valence-electron chi connectivity index (χ2n) is 8.26. The molecule has 5 nitrogen and oxygen atoms in total. The van der Waals surface area contributed by atoms with Crippen molar-refractivity contribution in [3.8, 4) is 17.0 Å². The van der Waals surface area contributed by atoms with Crippen molar-refractivity contribution >= 4 is 16.9 Å². The van der Waals surface area contributed by atoms with E-state index < -0.39 is 0 Å². The molecule has 1 atom stereocenters. The van der Waals surface area contributed by atoms with Crippen LogP contribution in [0.5, 0.6) is 5.75 Å². The summed E-state index contributed by atoms with van der Waals surface area (Å²) in [5.41, 5.74) is 5.04. The van der Waals surface area contributed by atoms with E-state index in [1.807, 2.05) is 30.3 Å². The van der Waals surface area contributed by atoms with Crippen LogP contribution in [0.1, 0.15) is 53.9 Å². The highest BCUT2D eigenvalue weighted by Gasteiger charge is 2.27. The first-order valence-corrected chi connectivity index (χ1v) is 10.8. The van der Waals surface area contributed by atoms with Crippen molar-refractivity contribution in [1.29, 1.82) is 0 Å². The molecule has 2 aromatic carbocycles. The number of carbonyl (C=O) groups excluding carboxylic acids is 1. The zero-order valence-corrected chi connectivity index (χ0v) is 17.3. The highest BCUT2D eigenvalue weighted by atomic mass is 16.6. The number of para-hydroxylation sites is 1. The number of esters is 1. The molecule has 1 saturated heterocycles. The predicted octanol–water partition coefficient (Wildman–Crippen LogP) is 5.45. The first kappa shape index (κ1) is 19.2. The van der Waals surface area contributed by atoms with Crippen molar-refractivity contribution in [2.24, 2.45) is 0 Å². The minimum atomic E-state index is -0.319. The van der Waals surface area contributed by atoms with E-state index in [0.717, 1.165) is 29.1 Å². The Hall–Kier alpha value is -2.79. The van der Waals surface area contributed by atoms with Crippen LogP contribution in [0, 0.1) is 0 Å². The summed E-state index contributed by atoms with van der Waals surface area (Å²) in [6, 6.07) is 14.0. The van der Waals surface area contributed by atoms with Gasteiger partial charge in [0, 0.05) is 16.5 Å². The van der Waals surface area contributed by atoms with Crippen molar-refractivity contribution in [2.75, 3.05) is 20.3 Å². The minimum absolute atomic E-state index is 0.209. The number of epoxide rings is 1. The fraction of sp³-hybridized carbons (Fsp3) is 0.400. The average molecular weight is 405 g/mol. The van der Waals surface area contributed by atoms with Crippen molar-refractivity contribution in [2.45, 2.75) is 44.1 Å². The van der Waals surface area contributed by atoms with Crippen LogP contribution in [0.25, 0.3) is 22.2 Å². The highest BCUT2D eigenvalue weighted by Crippen LogP contribution is 2.44. The molecule has 2 fully saturated rings. The fourth-order valence-corrected chi connectivity index (χ4v) is 4.64. The van der Waals surface area contributed by atoms with Crippen LogP contribution in [-0.2, 0) is 9.47 Å². The molecule has 2 aliphatic rings. The Bertz CT molecular complexity index is 1060. The van der Waals surface area contributed by atoms with Gasteiger partial charge in [0.25, 0.3) is 0 Å². The van der Waals surface area contributed by atoms with Crippen LogP contribution in [0.4, 0.5) is 0 Å². The minimum Gasteiger partial charge on any atom is -0.490 e. The molecule has 1 aromatic heterocycles. The van der Waals surface area contributed by atoms with E-state index in [2.05, 4.69) is 17.1 Å². The number of hydrogen-bond donors (Lipinski definition) is 1. The van der Waals surface area contributed by atoms with Crippen LogP contribution in [0.3, 0.4) is 0 Å². The number of ether oxygens (including phenoxy) is 3. The van der Waals surface area contributed by atoms with Gasteiger partial charge in [-0.2, -0.15) is 0 Å². The lowest BCUT2D eigenvalue weighted by molar-refractivity contribution is 0.0601. The molecule has 5 rings (SSSR count). The molecule has 0 radical (unpaired) electrons. The molecule has 1 aliphatic carbocycles. The maximum Gasteiger partial charge on any atom is 0.337 e. The largest absolute Gasteiger partial charge is 0.490 e. The molecule has 0 spiro atoms. The molecule has 0 unspecified atom stereocenters. The molecule has 156 valence electrons. The molecular weight excluding hydrogens is 378 g/mol. The van der Waals surface area contributed by atoms with Gasteiger partial charge in [-0.25, -0.2) is 4.79 Å². The van der Waals surface area contributed by atoms with Gasteiger partial charge in [0.2, 0.25) is 0 Å². The second kappa shape index (κ2) is 8.15. The van der Waals surface area contributed by atoms with Gasteiger partial charge in [-0.05, 0) is 48.6 Å². The van der Waals surface area contributed by atoms with E-state index in [-0.39, 0.29) is 12.1 Å². The highest BCUT2D eigenvalue weighted by molar-refractivity contribution is 5.98. The van der Waals surface area contributed by atoms with Crippen molar-refractivity contribution < 1.29 is 19.0 Å². The normalized spacial score (nSPS) is 19.0. The van der Waals surface area contributed by atoms with Crippen LogP contribution in [0.15, 0.2) is 42.5 Å². The molecule has 1 aliphatic heterocycles. The number of hydrogen-bond acceptors (Lipinski definition) is 4. The summed E-state index contributed by atoms with van der Waals surface area (Å²) in [6.07, 6.45) is 6.42. The SMILES string of the molecule is COC(=O)c1ccc2c(C3CCCCC3)c(-c3ccccc3OC[C@@H]3CO3)[nH]c2c1.